The van der Waals surface area contributed by atoms with E-state index in [0.29, 0.717) is 6.54 Å². The number of aromatic nitrogens is 1. The summed E-state index contributed by atoms with van der Waals surface area (Å²) in [5, 5.41) is 10.5. The molecule has 0 aliphatic heterocycles. The molecule has 1 heterocycles. The Kier molecular flexibility index (Phi) is 4.40. The third-order valence-electron chi connectivity index (χ3n) is 2.96. The fourth-order valence-corrected chi connectivity index (χ4v) is 2.12. The maximum atomic E-state index is 9.77. The van der Waals surface area contributed by atoms with Gasteiger partial charge in [-0.15, -0.1) is 0 Å². The number of anilines is 1. The first-order valence-electron chi connectivity index (χ1n) is 6.16. The molecule has 1 aromatic heterocycles. The van der Waals surface area contributed by atoms with Crippen LogP contribution in [0.3, 0.4) is 0 Å². The van der Waals surface area contributed by atoms with Crippen LogP contribution in [0, 0.1) is 0 Å². The topological polar surface area (TPSA) is 36.4 Å². The summed E-state index contributed by atoms with van der Waals surface area (Å²) in [5.41, 5.74) is 1.98. The fourth-order valence-electron chi connectivity index (χ4n) is 1.99. The maximum absolute atomic E-state index is 9.77. The summed E-state index contributed by atoms with van der Waals surface area (Å²) >= 11 is 5.87. The number of aliphatic hydroxyl groups is 1. The minimum atomic E-state index is -0.531. The lowest BCUT2D eigenvalue weighted by molar-refractivity contribution is 0.199. The van der Waals surface area contributed by atoms with E-state index < -0.39 is 6.10 Å². The van der Waals surface area contributed by atoms with Crippen LogP contribution in [-0.4, -0.2) is 17.1 Å². The van der Waals surface area contributed by atoms with Crippen molar-refractivity contribution >= 4 is 17.4 Å². The molecule has 0 bridgehead atoms. The molecule has 0 amide bonds. The van der Waals surface area contributed by atoms with Crippen LogP contribution < -0.4 is 4.90 Å². The number of nitrogens with zero attached hydrogens (tertiary/aromatic N) is 2. The Morgan fingerprint density at radius 3 is 2.58 bits per heavy atom. The van der Waals surface area contributed by atoms with E-state index in [0.717, 1.165) is 22.0 Å². The van der Waals surface area contributed by atoms with Crippen LogP contribution in [0.5, 0.6) is 0 Å². The van der Waals surface area contributed by atoms with E-state index in [1.807, 2.05) is 48.3 Å². The van der Waals surface area contributed by atoms with Crippen LogP contribution in [0.1, 0.15) is 24.2 Å². The first-order chi connectivity index (χ1) is 9.08. The summed E-state index contributed by atoms with van der Waals surface area (Å²) in [7, 11) is 1.96. The highest BCUT2D eigenvalue weighted by molar-refractivity contribution is 6.30. The Hall–Kier alpha value is -1.58. The molecule has 0 saturated heterocycles. The lowest BCUT2D eigenvalue weighted by Crippen LogP contribution is -2.19. The summed E-state index contributed by atoms with van der Waals surface area (Å²) in [5.74, 6) is 0.799. The van der Waals surface area contributed by atoms with Crippen molar-refractivity contribution in [3.8, 4) is 0 Å². The first-order valence-corrected chi connectivity index (χ1v) is 6.54. The zero-order chi connectivity index (χ0) is 13.8. The van der Waals surface area contributed by atoms with E-state index in [4.69, 9.17) is 11.6 Å². The molecule has 0 aliphatic carbocycles. The van der Waals surface area contributed by atoms with Gasteiger partial charge in [-0.25, -0.2) is 4.98 Å². The van der Waals surface area contributed by atoms with Gasteiger partial charge in [0, 0.05) is 30.4 Å². The Labute approximate surface area is 118 Å². The molecule has 3 nitrogen and oxygen atoms in total. The average molecular weight is 277 g/mol. The van der Waals surface area contributed by atoms with E-state index in [9.17, 15) is 5.11 Å². The van der Waals surface area contributed by atoms with Gasteiger partial charge in [-0.05, 0) is 30.7 Å². The summed E-state index contributed by atoms with van der Waals surface area (Å²) in [4.78, 5) is 6.37. The first kappa shape index (κ1) is 13.8. The number of aliphatic hydroxyl groups excluding tert-OH is 1. The molecule has 0 unspecified atom stereocenters. The number of halogens is 1. The van der Waals surface area contributed by atoms with Crippen LogP contribution in [0.15, 0.2) is 42.6 Å². The summed E-state index contributed by atoms with van der Waals surface area (Å²) in [6, 6.07) is 11.5. The molecule has 0 aliphatic rings. The van der Waals surface area contributed by atoms with Gasteiger partial charge >= 0.3 is 0 Å². The van der Waals surface area contributed by atoms with Gasteiger partial charge in [-0.3, -0.25) is 0 Å². The van der Waals surface area contributed by atoms with Gasteiger partial charge in [0.25, 0.3) is 0 Å². The lowest BCUT2D eigenvalue weighted by atomic mass is 10.1. The minimum absolute atomic E-state index is 0.531. The van der Waals surface area contributed by atoms with Crippen molar-refractivity contribution < 1.29 is 5.11 Å². The predicted molar refractivity (Wildman–Crippen MR) is 78.4 cm³/mol. The van der Waals surface area contributed by atoms with Crippen LogP contribution in [0.4, 0.5) is 5.82 Å². The molecule has 1 N–H and O–H groups in total. The van der Waals surface area contributed by atoms with E-state index in [-0.39, 0.29) is 0 Å². The Morgan fingerprint density at radius 1 is 1.26 bits per heavy atom. The normalized spacial score (nSPS) is 12.2. The number of rotatable bonds is 4. The Morgan fingerprint density at radius 2 is 1.95 bits per heavy atom. The molecular weight excluding hydrogens is 260 g/mol. The average Bonchev–Trinajstić information content (AvgIpc) is 2.41. The monoisotopic (exact) mass is 276 g/mol. The molecule has 2 rings (SSSR count). The van der Waals surface area contributed by atoms with Gasteiger partial charge in [-0.1, -0.05) is 29.8 Å². The molecular formula is C15H17ClN2O. The zero-order valence-electron chi connectivity index (χ0n) is 11.0. The van der Waals surface area contributed by atoms with Crippen molar-refractivity contribution in [3.63, 3.8) is 0 Å². The van der Waals surface area contributed by atoms with Crippen LogP contribution in [0.25, 0.3) is 0 Å². The maximum Gasteiger partial charge on any atom is 0.134 e. The molecule has 0 radical (unpaired) electrons. The second kappa shape index (κ2) is 6.04. The molecule has 1 aromatic carbocycles. The second-order valence-corrected chi connectivity index (χ2v) is 5.01. The number of pyridine rings is 1. The van der Waals surface area contributed by atoms with Crippen molar-refractivity contribution in [3.05, 3.63) is 58.7 Å². The highest BCUT2D eigenvalue weighted by Crippen LogP contribution is 2.24. The molecule has 100 valence electrons. The standard InChI is InChI=1S/C15H17ClN2O/c1-11(19)14-4-3-9-17-15(14)18(2)10-12-5-7-13(16)8-6-12/h3-9,11,19H,10H2,1-2H3/t11-/m0/s1. The summed E-state index contributed by atoms with van der Waals surface area (Å²) in [6.07, 6.45) is 1.20. The van der Waals surface area contributed by atoms with Gasteiger partial charge in [0.05, 0.1) is 6.10 Å². The van der Waals surface area contributed by atoms with Crippen LogP contribution in [-0.2, 0) is 6.54 Å². The van der Waals surface area contributed by atoms with Gasteiger partial charge in [0.2, 0.25) is 0 Å². The quantitative estimate of drug-likeness (QED) is 0.929. The molecule has 4 heteroatoms. The molecule has 0 spiro atoms. The highest BCUT2D eigenvalue weighted by Gasteiger charge is 2.12. The highest BCUT2D eigenvalue weighted by atomic mass is 35.5. The molecule has 0 saturated carbocycles. The van der Waals surface area contributed by atoms with Crippen molar-refractivity contribution in [2.45, 2.75) is 19.6 Å². The van der Waals surface area contributed by atoms with E-state index >= 15 is 0 Å². The van der Waals surface area contributed by atoms with Crippen LogP contribution in [0.2, 0.25) is 5.02 Å². The van der Waals surface area contributed by atoms with E-state index in [1.54, 1.807) is 13.1 Å². The third kappa shape index (κ3) is 3.46. The third-order valence-corrected chi connectivity index (χ3v) is 3.21. The number of hydrogen-bond donors (Lipinski definition) is 1. The molecule has 1 atom stereocenters. The smallest absolute Gasteiger partial charge is 0.134 e. The molecule has 0 fully saturated rings. The van der Waals surface area contributed by atoms with Crippen molar-refractivity contribution in [2.75, 3.05) is 11.9 Å². The second-order valence-electron chi connectivity index (χ2n) is 4.57. The summed E-state index contributed by atoms with van der Waals surface area (Å²) in [6.45, 7) is 2.46. The fraction of sp³-hybridized carbons (Fsp3) is 0.267. The van der Waals surface area contributed by atoms with Gasteiger partial charge in [-0.2, -0.15) is 0 Å². The van der Waals surface area contributed by atoms with Gasteiger partial charge < -0.3 is 10.0 Å². The number of hydrogen-bond acceptors (Lipinski definition) is 3. The van der Waals surface area contributed by atoms with E-state index in [1.165, 1.54) is 0 Å². The lowest BCUT2D eigenvalue weighted by Gasteiger charge is -2.22. The van der Waals surface area contributed by atoms with Crippen molar-refractivity contribution in [1.82, 2.24) is 4.98 Å². The molecule has 19 heavy (non-hydrogen) atoms. The van der Waals surface area contributed by atoms with Crippen molar-refractivity contribution in [2.24, 2.45) is 0 Å². The number of benzene rings is 1. The van der Waals surface area contributed by atoms with Crippen molar-refractivity contribution in [1.29, 1.82) is 0 Å². The predicted octanol–water partition coefficient (Wildman–Crippen LogP) is 3.42. The zero-order valence-corrected chi connectivity index (χ0v) is 11.8. The largest absolute Gasteiger partial charge is 0.389 e. The summed E-state index contributed by atoms with van der Waals surface area (Å²) < 4.78 is 0. The Bertz CT molecular complexity index is 540. The van der Waals surface area contributed by atoms with Crippen LogP contribution >= 0.6 is 11.6 Å². The van der Waals surface area contributed by atoms with Gasteiger partial charge in [0.15, 0.2) is 0 Å². The van der Waals surface area contributed by atoms with E-state index in [2.05, 4.69) is 4.98 Å². The molecule has 2 aromatic rings. The minimum Gasteiger partial charge on any atom is -0.389 e. The Balaban J connectivity index is 2.20. The van der Waals surface area contributed by atoms with Gasteiger partial charge in [0.1, 0.15) is 5.82 Å². The SMILES string of the molecule is C[C@H](O)c1cccnc1N(C)Cc1ccc(Cl)cc1.